The van der Waals surface area contributed by atoms with E-state index < -0.39 is 5.97 Å². The molecule has 1 heterocycles. The number of aromatic nitrogens is 2. The third-order valence-corrected chi connectivity index (χ3v) is 1.72. The van der Waals surface area contributed by atoms with Crippen LogP contribution in [0.4, 0.5) is 0 Å². The van der Waals surface area contributed by atoms with Crippen molar-refractivity contribution in [2.45, 2.75) is 6.54 Å². The highest BCUT2D eigenvalue weighted by Gasteiger charge is 2.01. The summed E-state index contributed by atoms with van der Waals surface area (Å²) in [5, 5.41) is 15.5. The van der Waals surface area contributed by atoms with Gasteiger partial charge in [0.25, 0.3) is 0 Å². The molecule has 0 saturated heterocycles. The first-order chi connectivity index (χ1) is 6.70. The van der Waals surface area contributed by atoms with E-state index in [1.165, 1.54) is 0 Å². The summed E-state index contributed by atoms with van der Waals surface area (Å²) in [4.78, 5) is 10.4. The van der Waals surface area contributed by atoms with Gasteiger partial charge in [-0.3, -0.25) is 4.68 Å². The molecule has 0 radical (unpaired) electrons. The Bertz CT molecular complexity index is 306. The zero-order valence-electron chi connectivity index (χ0n) is 7.81. The van der Waals surface area contributed by atoms with E-state index in [4.69, 9.17) is 5.11 Å². The number of nitrogens with zero attached hydrogens (tertiary/aromatic N) is 2. The Morgan fingerprint density at radius 1 is 1.64 bits per heavy atom. The molecule has 0 amide bonds. The van der Waals surface area contributed by atoms with Crippen molar-refractivity contribution in [2.75, 3.05) is 13.1 Å². The number of aliphatic carboxylic acids is 1. The van der Waals surface area contributed by atoms with Crippen LogP contribution < -0.4 is 5.32 Å². The molecule has 0 aliphatic heterocycles. The van der Waals surface area contributed by atoms with Gasteiger partial charge >= 0.3 is 5.97 Å². The summed E-state index contributed by atoms with van der Waals surface area (Å²) in [6.45, 7) is 5.10. The molecule has 0 aromatic carbocycles. The third-order valence-electron chi connectivity index (χ3n) is 1.72. The van der Waals surface area contributed by atoms with Gasteiger partial charge in [0.05, 0.1) is 6.54 Å². The van der Waals surface area contributed by atoms with Crippen LogP contribution in [0.2, 0.25) is 0 Å². The van der Waals surface area contributed by atoms with E-state index in [1.807, 2.05) is 12.3 Å². The fraction of sp³-hybridized carbons (Fsp3) is 0.333. The summed E-state index contributed by atoms with van der Waals surface area (Å²) < 4.78 is 1.77. The molecule has 0 saturated carbocycles. The Kier molecular flexibility index (Phi) is 3.87. The van der Waals surface area contributed by atoms with Crippen LogP contribution in [0.25, 0.3) is 0 Å². The van der Waals surface area contributed by atoms with Crippen molar-refractivity contribution in [2.24, 2.45) is 0 Å². The van der Waals surface area contributed by atoms with Gasteiger partial charge in [0.15, 0.2) is 0 Å². The summed E-state index contributed by atoms with van der Waals surface area (Å²) in [7, 11) is 0. The Hall–Kier alpha value is -1.62. The third kappa shape index (κ3) is 3.40. The number of nitrogens with one attached hydrogen (secondary N) is 1. The Morgan fingerprint density at radius 3 is 3.00 bits per heavy atom. The standard InChI is InChI=1S/C9H13N3O2/c1-8(9(13)14)7-10-4-6-12-5-2-3-11-12/h2-3,5,10H,1,4,6-7H2,(H,13,14). The zero-order chi connectivity index (χ0) is 10.4. The Labute approximate surface area is 82.0 Å². The van der Waals surface area contributed by atoms with Crippen LogP contribution in [0.3, 0.4) is 0 Å². The number of carboxylic acids is 1. The average molecular weight is 195 g/mol. The fourth-order valence-electron chi connectivity index (χ4n) is 0.941. The highest BCUT2D eigenvalue weighted by atomic mass is 16.4. The van der Waals surface area contributed by atoms with Crippen LogP contribution in [0, 0.1) is 0 Å². The van der Waals surface area contributed by atoms with Gasteiger partial charge in [-0.05, 0) is 6.07 Å². The molecule has 2 N–H and O–H groups in total. The van der Waals surface area contributed by atoms with Crippen molar-refractivity contribution in [1.29, 1.82) is 0 Å². The predicted octanol–water partition coefficient (Wildman–Crippen LogP) is 0.113. The highest BCUT2D eigenvalue weighted by Crippen LogP contribution is 1.87. The van der Waals surface area contributed by atoms with Crippen LogP contribution in [-0.2, 0) is 11.3 Å². The normalized spacial score (nSPS) is 10.0. The monoisotopic (exact) mass is 195 g/mol. The maximum atomic E-state index is 10.4. The highest BCUT2D eigenvalue weighted by molar-refractivity contribution is 5.86. The Balaban J connectivity index is 2.11. The van der Waals surface area contributed by atoms with Gasteiger partial charge < -0.3 is 10.4 Å². The molecule has 0 unspecified atom stereocenters. The van der Waals surface area contributed by atoms with E-state index in [-0.39, 0.29) is 5.57 Å². The molecule has 0 aliphatic carbocycles. The second-order valence-corrected chi connectivity index (χ2v) is 2.85. The summed E-state index contributed by atoms with van der Waals surface area (Å²) in [6, 6.07) is 1.84. The maximum absolute atomic E-state index is 10.4. The lowest BCUT2D eigenvalue weighted by Crippen LogP contribution is -2.24. The lowest BCUT2D eigenvalue weighted by molar-refractivity contribution is -0.132. The van der Waals surface area contributed by atoms with Gasteiger partial charge in [0, 0.05) is 31.1 Å². The van der Waals surface area contributed by atoms with Gasteiger partial charge in [0.2, 0.25) is 0 Å². The lowest BCUT2D eigenvalue weighted by atomic mass is 10.3. The number of carbonyl (C=O) groups is 1. The second kappa shape index (κ2) is 5.18. The summed E-state index contributed by atoms with van der Waals surface area (Å²) >= 11 is 0. The van der Waals surface area contributed by atoms with Crippen molar-refractivity contribution < 1.29 is 9.90 Å². The molecule has 5 heteroatoms. The Morgan fingerprint density at radius 2 is 2.43 bits per heavy atom. The van der Waals surface area contributed by atoms with Crippen molar-refractivity contribution in [3.8, 4) is 0 Å². The molecular formula is C9H13N3O2. The topological polar surface area (TPSA) is 67.2 Å². The molecule has 0 spiro atoms. The van der Waals surface area contributed by atoms with E-state index in [1.54, 1.807) is 10.9 Å². The van der Waals surface area contributed by atoms with Gasteiger partial charge in [0.1, 0.15) is 0 Å². The number of carboxylic acid groups (broad SMARTS) is 1. The van der Waals surface area contributed by atoms with Gasteiger partial charge in [-0.1, -0.05) is 6.58 Å². The SMILES string of the molecule is C=C(CNCCn1cccn1)C(=O)O. The van der Waals surface area contributed by atoms with Crippen molar-refractivity contribution in [1.82, 2.24) is 15.1 Å². The number of hydrogen-bond acceptors (Lipinski definition) is 3. The van der Waals surface area contributed by atoms with E-state index in [2.05, 4.69) is 17.0 Å². The van der Waals surface area contributed by atoms with E-state index >= 15 is 0 Å². The van der Waals surface area contributed by atoms with Gasteiger partial charge in [-0.15, -0.1) is 0 Å². The van der Waals surface area contributed by atoms with Crippen molar-refractivity contribution in [3.05, 3.63) is 30.6 Å². The first-order valence-electron chi connectivity index (χ1n) is 4.29. The van der Waals surface area contributed by atoms with Crippen LogP contribution in [0.5, 0.6) is 0 Å². The van der Waals surface area contributed by atoms with Crippen molar-refractivity contribution in [3.63, 3.8) is 0 Å². The molecule has 0 bridgehead atoms. The van der Waals surface area contributed by atoms with Gasteiger partial charge in [-0.25, -0.2) is 4.79 Å². The molecule has 0 aliphatic rings. The van der Waals surface area contributed by atoms with Crippen molar-refractivity contribution >= 4 is 5.97 Å². The molecule has 1 aromatic heterocycles. The fourth-order valence-corrected chi connectivity index (χ4v) is 0.941. The first kappa shape index (κ1) is 10.5. The van der Waals surface area contributed by atoms with E-state index in [0.717, 1.165) is 6.54 Å². The van der Waals surface area contributed by atoms with E-state index in [9.17, 15) is 4.79 Å². The lowest BCUT2D eigenvalue weighted by Gasteiger charge is -2.04. The minimum atomic E-state index is -0.961. The summed E-state index contributed by atoms with van der Waals surface area (Å²) in [5.74, 6) is -0.961. The molecule has 14 heavy (non-hydrogen) atoms. The molecule has 76 valence electrons. The van der Waals surface area contributed by atoms with E-state index in [0.29, 0.717) is 13.1 Å². The zero-order valence-corrected chi connectivity index (χ0v) is 7.81. The molecule has 1 aromatic rings. The minimum Gasteiger partial charge on any atom is -0.478 e. The summed E-state index contributed by atoms with van der Waals surface area (Å²) in [6.07, 6.45) is 3.56. The number of rotatable bonds is 6. The smallest absolute Gasteiger partial charge is 0.332 e. The minimum absolute atomic E-state index is 0.172. The maximum Gasteiger partial charge on any atom is 0.332 e. The molecule has 5 nitrogen and oxygen atoms in total. The molecule has 0 atom stereocenters. The van der Waals surface area contributed by atoms with Gasteiger partial charge in [-0.2, -0.15) is 5.10 Å². The predicted molar refractivity (Wildman–Crippen MR) is 51.9 cm³/mol. The van der Waals surface area contributed by atoms with Crippen LogP contribution >= 0.6 is 0 Å². The molecular weight excluding hydrogens is 182 g/mol. The molecule has 1 rings (SSSR count). The average Bonchev–Trinajstić information content (AvgIpc) is 2.64. The summed E-state index contributed by atoms with van der Waals surface area (Å²) in [5.41, 5.74) is 0.172. The van der Waals surface area contributed by atoms with Crippen LogP contribution in [0.15, 0.2) is 30.6 Å². The second-order valence-electron chi connectivity index (χ2n) is 2.85. The quantitative estimate of drug-likeness (QED) is 0.499. The number of hydrogen-bond donors (Lipinski definition) is 2. The van der Waals surface area contributed by atoms with Crippen LogP contribution in [0.1, 0.15) is 0 Å². The molecule has 0 fully saturated rings. The van der Waals surface area contributed by atoms with Crippen LogP contribution in [-0.4, -0.2) is 33.9 Å². The first-order valence-corrected chi connectivity index (χ1v) is 4.29. The largest absolute Gasteiger partial charge is 0.478 e.